The Morgan fingerprint density at radius 3 is 2.81 bits per heavy atom. The number of aryl methyl sites for hydroxylation is 2. The van der Waals surface area contributed by atoms with Crippen LogP contribution in [0.3, 0.4) is 0 Å². The number of benzene rings is 1. The van der Waals surface area contributed by atoms with Gasteiger partial charge in [0.1, 0.15) is 6.33 Å². The number of carbonyl (C=O) groups excluding carboxylic acids is 1. The summed E-state index contributed by atoms with van der Waals surface area (Å²) < 4.78 is 2.64. The number of rotatable bonds is 6. The van der Waals surface area contributed by atoms with E-state index in [4.69, 9.17) is 0 Å². The van der Waals surface area contributed by atoms with Gasteiger partial charge in [0, 0.05) is 0 Å². The first-order valence-corrected chi connectivity index (χ1v) is 7.84. The van der Waals surface area contributed by atoms with Gasteiger partial charge in [0.15, 0.2) is 6.54 Å². The molecule has 0 aliphatic heterocycles. The first-order chi connectivity index (χ1) is 12.4. The molecule has 1 aromatic carbocycles. The molecule has 10 nitrogen and oxygen atoms in total. The molecule has 0 atom stereocenters. The molecule has 10 heteroatoms. The van der Waals surface area contributed by atoms with Gasteiger partial charge in [-0.2, -0.15) is 0 Å². The highest BCUT2D eigenvalue weighted by atomic mass is 16.6. The Labute approximate surface area is 148 Å². The summed E-state index contributed by atoms with van der Waals surface area (Å²) in [5.74, 6) is -0.603. The molecule has 0 unspecified atom stereocenters. The maximum Gasteiger partial charge on any atom is 0.345 e. The Balaban J connectivity index is 1.64. The second-order valence-electron chi connectivity index (χ2n) is 5.86. The van der Waals surface area contributed by atoms with Crippen LogP contribution >= 0.6 is 0 Å². The average molecular weight is 355 g/mol. The number of aromatic nitrogens is 5. The van der Waals surface area contributed by atoms with E-state index < -0.39 is 10.8 Å². The van der Waals surface area contributed by atoms with Crippen molar-refractivity contribution in [1.82, 2.24) is 24.5 Å². The van der Waals surface area contributed by atoms with Gasteiger partial charge < -0.3 is 10.1 Å². The molecule has 0 fully saturated rings. The van der Waals surface area contributed by atoms with Crippen LogP contribution in [0.25, 0.3) is 0 Å². The fourth-order valence-corrected chi connectivity index (χ4v) is 2.52. The fourth-order valence-electron chi connectivity index (χ4n) is 2.52. The van der Waals surface area contributed by atoms with Gasteiger partial charge >= 0.3 is 5.82 Å². The van der Waals surface area contributed by atoms with Crippen LogP contribution in [0.2, 0.25) is 0 Å². The smallest absolute Gasteiger partial charge is 0.345 e. The Kier molecular flexibility index (Phi) is 4.74. The van der Waals surface area contributed by atoms with E-state index in [9.17, 15) is 14.9 Å². The molecule has 0 aliphatic rings. The van der Waals surface area contributed by atoms with Crippen LogP contribution in [0.4, 0.5) is 11.8 Å². The van der Waals surface area contributed by atoms with E-state index >= 15 is 0 Å². The molecule has 1 N–H and O–H groups in total. The molecule has 0 saturated carbocycles. The number of amides is 1. The van der Waals surface area contributed by atoms with Gasteiger partial charge in [-0.25, -0.2) is 9.67 Å². The number of nitro groups is 1. The van der Waals surface area contributed by atoms with Crippen LogP contribution in [0, 0.1) is 24.0 Å². The minimum Gasteiger partial charge on any atom is -0.358 e. The van der Waals surface area contributed by atoms with Gasteiger partial charge in [-0.3, -0.25) is 10.1 Å². The molecule has 0 saturated heterocycles. The third-order valence-corrected chi connectivity index (χ3v) is 3.58. The van der Waals surface area contributed by atoms with Gasteiger partial charge in [0.05, 0.1) is 18.3 Å². The lowest BCUT2D eigenvalue weighted by molar-refractivity contribution is -0.392. The van der Waals surface area contributed by atoms with Crippen LogP contribution < -0.4 is 5.32 Å². The lowest BCUT2D eigenvalue weighted by Crippen LogP contribution is -2.21. The van der Waals surface area contributed by atoms with Crippen molar-refractivity contribution >= 4 is 17.7 Å². The monoisotopic (exact) mass is 355 g/mol. The minimum absolute atomic E-state index is 0.134. The standard InChI is InChI=1S/C16H17N7O3/c1-11-4-3-5-13(6-11)8-21-10-17-16(20-21)18-14(24)9-22-15(23(25)26)7-12(2)19-22/h3-7,10H,8-9H2,1-2H3,(H,18,20,24). The Bertz CT molecular complexity index is 960. The summed E-state index contributed by atoms with van der Waals surface area (Å²) in [5.41, 5.74) is 2.67. The van der Waals surface area contributed by atoms with Crippen molar-refractivity contribution in [2.45, 2.75) is 26.9 Å². The van der Waals surface area contributed by atoms with E-state index in [1.54, 1.807) is 11.6 Å². The van der Waals surface area contributed by atoms with Crippen molar-refractivity contribution in [1.29, 1.82) is 0 Å². The number of nitrogens with one attached hydrogen (secondary N) is 1. The first kappa shape index (κ1) is 17.3. The quantitative estimate of drug-likeness (QED) is 0.530. The van der Waals surface area contributed by atoms with E-state index in [0.29, 0.717) is 12.2 Å². The van der Waals surface area contributed by atoms with Gasteiger partial charge in [-0.05, 0) is 24.3 Å². The zero-order valence-corrected chi connectivity index (χ0v) is 14.3. The van der Waals surface area contributed by atoms with Crippen molar-refractivity contribution in [2.24, 2.45) is 0 Å². The van der Waals surface area contributed by atoms with Crippen molar-refractivity contribution in [3.63, 3.8) is 0 Å². The van der Waals surface area contributed by atoms with Gasteiger partial charge in [-0.15, -0.1) is 9.78 Å². The van der Waals surface area contributed by atoms with Crippen LogP contribution in [-0.2, 0) is 17.9 Å². The van der Waals surface area contributed by atoms with Crippen molar-refractivity contribution in [2.75, 3.05) is 5.32 Å². The molecule has 2 aromatic heterocycles. The van der Waals surface area contributed by atoms with Crippen LogP contribution in [-0.4, -0.2) is 35.4 Å². The fraction of sp³-hybridized carbons (Fsp3) is 0.250. The molecule has 1 amide bonds. The zero-order valence-electron chi connectivity index (χ0n) is 14.3. The Hall–Kier alpha value is -3.56. The molecule has 3 aromatic rings. The molecule has 26 heavy (non-hydrogen) atoms. The predicted octanol–water partition coefficient (Wildman–Crippen LogP) is 1.69. The summed E-state index contributed by atoms with van der Waals surface area (Å²) in [5, 5.41) is 21.6. The molecule has 0 spiro atoms. The molecule has 2 heterocycles. The first-order valence-electron chi connectivity index (χ1n) is 7.84. The van der Waals surface area contributed by atoms with Crippen LogP contribution in [0.1, 0.15) is 16.8 Å². The van der Waals surface area contributed by atoms with Crippen LogP contribution in [0.15, 0.2) is 36.7 Å². The molecular weight excluding hydrogens is 338 g/mol. The van der Waals surface area contributed by atoms with Crippen molar-refractivity contribution < 1.29 is 9.72 Å². The summed E-state index contributed by atoms with van der Waals surface area (Å²) in [6.07, 6.45) is 1.51. The lowest BCUT2D eigenvalue weighted by atomic mass is 10.1. The van der Waals surface area contributed by atoms with E-state index in [0.717, 1.165) is 15.8 Å². The summed E-state index contributed by atoms with van der Waals surface area (Å²) in [6.45, 7) is 3.85. The van der Waals surface area contributed by atoms with Gasteiger partial charge in [-0.1, -0.05) is 34.9 Å². The maximum absolute atomic E-state index is 12.1. The summed E-state index contributed by atoms with van der Waals surface area (Å²) in [7, 11) is 0. The summed E-state index contributed by atoms with van der Waals surface area (Å²) in [6, 6.07) is 9.29. The number of hydrogen-bond acceptors (Lipinski definition) is 6. The van der Waals surface area contributed by atoms with Crippen molar-refractivity contribution in [3.8, 4) is 0 Å². The number of hydrogen-bond donors (Lipinski definition) is 1. The van der Waals surface area contributed by atoms with E-state index in [2.05, 4.69) is 20.5 Å². The second-order valence-corrected chi connectivity index (χ2v) is 5.86. The lowest BCUT2D eigenvalue weighted by Gasteiger charge is -2.02. The third kappa shape index (κ3) is 4.09. The summed E-state index contributed by atoms with van der Waals surface area (Å²) >= 11 is 0. The van der Waals surface area contributed by atoms with E-state index in [-0.39, 0.29) is 18.3 Å². The maximum atomic E-state index is 12.1. The highest BCUT2D eigenvalue weighted by Gasteiger charge is 2.20. The highest BCUT2D eigenvalue weighted by molar-refractivity contribution is 5.88. The van der Waals surface area contributed by atoms with E-state index in [1.807, 2.05) is 31.2 Å². The van der Waals surface area contributed by atoms with Gasteiger partial charge in [0.25, 0.3) is 5.91 Å². The largest absolute Gasteiger partial charge is 0.358 e. The minimum atomic E-state index is -0.581. The molecule has 134 valence electrons. The molecule has 3 rings (SSSR count). The normalized spacial score (nSPS) is 10.7. The van der Waals surface area contributed by atoms with Crippen LogP contribution in [0.5, 0.6) is 0 Å². The molecule has 0 bridgehead atoms. The average Bonchev–Trinajstić information content (AvgIpc) is 3.13. The predicted molar refractivity (Wildman–Crippen MR) is 92.6 cm³/mol. The summed E-state index contributed by atoms with van der Waals surface area (Å²) in [4.78, 5) is 26.5. The van der Waals surface area contributed by atoms with Gasteiger partial charge in [0.2, 0.25) is 5.95 Å². The topological polar surface area (TPSA) is 121 Å². The zero-order chi connectivity index (χ0) is 18.7. The number of carbonyl (C=O) groups is 1. The Morgan fingerprint density at radius 1 is 1.27 bits per heavy atom. The third-order valence-electron chi connectivity index (χ3n) is 3.58. The Morgan fingerprint density at radius 2 is 2.08 bits per heavy atom. The second kappa shape index (κ2) is 7.13. The SMILES string of the molecule is Cc1cccc(Cn2cnc(NC(=O)Cn3nc(C)cc3[N+](=O)[O-])n2)c1. The van der Waals surface area contributed by atoms with Crippen molar-refractivity contribution in [3.05, 3.63) is 63.6 Å². The molecule has 0 radical (unpaired) electrons. The number of nitrogens with zero attached hydrogens (tertiary/aromatic N) is 6. The number of anilines is 1. The molecular formula is C16H17N7O3. The highest BCUT2D eigenvalue weighted by Crippen LogP contribution is 2.13. The molecule has 0 aliphatic carbocycles. The van der Waals surface area contributed by atoms with E-state index in [1.165, 1.54) is 12.4 Å².